The fourth-order valence-electron chi connectivity index (χ4n) is 2.45. The summed E-state index contributed by atoms with van der Waals surface area (Å²) >= 11 is 6.38. The van der Waals surface area contributed by atoms with Gasteiger partial charge in [0.1, 0.15) is 16.6 Å². The Bertz CT molecular complexity index is 925. The molecule has 26 heavy (non-hydrogen) atoms. The third-order valence-corrected chi connectivity index (χ3v) is 5.14. The standard InChI is InChI=1S/C19H16N2O3S2/c1-12-5-2-3-8-15(12)20-17(23)11-21-18(24)16(26-19(21)25)10-13-6-4-7-14(22)9-13/h2-10,22H,11H2,1H3,(H,20,23)/b16-10-. The molecule has 1 saturated heterocycles. The van der Waals surface area contributed by atoms with Crippen molar-refractivity contribution in [1.29, 1.82) is 0 Å². The molecule has 1 fully saturated rings. The average Bonchev–Trinajstić information content (AvgIpc) is 2.84. The number of aryl methyl sites for hydroxylation is 1. The van der Waals surface area contributed by atoms with Crippen molar-refractivity contribution in [2.45, 2.75) is 6.92 Å². The van der Waals surface area contributed by atoms with Gasteiger partial charge in [0.25, 0.3) is 5.91 Å². The highest BCUT2D eigenvalue weighted by atomic mass is 32.2. The minimum absolute atomic E-state index is 0.117. The molecule has 5 nitrogen and oxygen atoms in total. The Balaban J connectivity index is 1.71. The number of thioether (sulfide) groups is 1. The van der Waals surface area contributed by atoms with E-state index in [0.717, 1.165) is 17.3 Å². The number of phenolic OH excluding ortho intramolecular Hbond substituents is 1. The summed E-state index contributed by atoms with van der Waals surface area (Å²) in [7, 11) is 0. The van der Waals surface area contributed by atoms with Crippen LogP contribution in [-0.2, 0) is 9.59 Å². The van der Waals surface area contributed by atoms with Crippen LogP contribution in [0.15, 0.2) is 53.4 Å². The van der Waals surface area contributed by atoms with Crippen molar-refractivity contribution in [2.75, 3.05) is 11.9 Å². The van der Waals surface area contributed by atoms with E-state index in [1.54, 1.807) is 36.4 Å². The van der Waals surface area contributed by atoms with Crippen LogP contribution in [0.1, 0.15) is 11.1 Å². The van der Waals surface area contributed by atoms with Crippen molar-refractivity contribution in [2.24, 2.45) is 0 Å². The molecule has 1 aliphatic rings. The fraction of sp³-hybridized carbons (Fsp3) is 0.105. The predicted molar refractivity (Wildman–Crippen MR) is 108 cm³/mol. The molecular weight excluding hydrogens is 368 g/mol. The van der Waals surface area contributed by atoms with Gasteiger partial charge in [0, 0.05) is 5.69 Å². The minimum Gasteiger partial charge on any atom is -0.508 e. The number of benzene rings is 2. The SMILES string of the molecule is Cc1ccccc1NC(=O)CN1C(=O)/C(=C/c2cccc(O)c2)SC1=S. The molecule has 0 bridgehead atoms. The number of carbonyl (C=O) groups excluding carboxylic acids is 2. The molecule has 0 atom stereocenters. The number of para-hydroxylation sites is 1. The van der Waals surface area contributed by atoms with Crippen molar-refractivity contribution in [3.8, 4) is 5.75 Å². The summed E-state index contributed by atoms with van der Waals surface area (Å²) in [6, 6.07) is 14.0. The van der Waals surface area contributed by atoms with E-state index in [-0.39, 0.29) is 24.1 Å². The smallest absolute Gasteiger partial charge is 0.266 e. The number of hydrogen-bond donors (Lipinski definition) is 2. The second-order valence-electron chi connectivity index (χ2n) is 5.73. The molecule has 2 N–H and O–H groups in total. The zero-order valence-electron chi connectivity index (χ0n) is 13.9. The Labute approximate surface area is 160 Å². The van der Waals surface area contributed by atoms with Crippen LogP contribution >= 0.6 is 24.0 Å². The van der Waals surface area contributed by atoms with Crippen LogP contribution in [0, 0.1) is 6.92 Å². The van der Waals surface area contributed by atoms with Crippen molar-refractivity contribution in [3.05, 3.63) is 64.6 Å². The van der Waals surface area contributed by atoms with E-state index in [2.05, 4.69) is 5.32 Å². The van der Waals surface area contributed by atoms with E-state index >= 15 is 0 Å². The van der Waals surface area contributed by atoms with Crippen LogP contribution in [0.4, 0.5) is 5.69 Å². The highest BCUT2D eigenvalue weighted by molar-refractivity contribution is 8.26. The number of amides is 2. The van der Waals surface area contributed by atoms with Gasteiger partial charge in [0.05, 0.1) is 4.91 Å². The van der Waals surface area contributed by atoms with Crippen LogP contribution in [0.2, 0.25) is 0 Å². The molecule has 0 unspecified atom stereocenters. The Morgan fingerprint density at radius 3 is 2.77 bits per heavy atom. The Morgan fingerprint density at radius 2 is 2.04 bits per heavy atom. The number of hydrogen-bond acceptors (Lipinski definition) is 5. The first-order valence-corrected chi connectivity index (χ1v) is 9.06. The van der Waals surface area contributed by atoms with E-state index < -0.39 is 0 Å². The molecule has 0 aromatic heterocycles. The summed E-state index contributed by atoms with van der Waals surface area (Å²) in [6.07, 6.45) is 1.65. The van der Waals surface area contributed by atoms with Gasteiger partial charge in [-0.25, -0.2) is 0 Å². The Kier molecular flexibility index (Phi) is 5.39. The van der Waals surface area contributed by atoms with Gasteiger partial charge in [0.2, 0.25) is 5.91 Å². The summed E-state index contributed by atoms with van der Waals surface area (Å²) < 4.78 is 0.335. The lowest BCUT2D eigenvalue weighted by Crippen LogP contribution is -2.36. The third kappa shape index (κ3) is 4.12. The van der Waals surface area contributed by atoms with Crippen LogP contribution in [-0.4, -0.2) is 32.7 Å². The monoisotopic (exact) mass is 384 g/mol. The van der Waals surface area contributed by atoms with Crippen molar-refractivity contribution >= 4 is 51.9 Å². The summed E-state index contributed by atoms with van der Waals surface area (Å²) in [6.45, 7) is 1.75. The topological polar surface area (TPSA) is 69.6 Å². The quantitative estimate of drug-likeness (QED) is 0.623. The zero-order chi connectivity index (χ0) is 18.7. The molecule has 0 spiro atoms. The van der Waals surface area contributed by atoms with Gasteiger partial charge in [-0.3, -0.25) is 14.5 Å². The van der Waals surface area contributed by atoms with E-state index in [1.807, 2.05) is 25.1 Å². The molecule has 1 heterocycles. The zero-order valence-corrected chi connectivity index (χ0v) is 15.6. The highest BCUT2D eigenvalue weighted by Gasteiger charge is 2.33. The number of nitrogens with one attached hydrogen (secondary N) is 1. The minimum atomic E-state index is -0.316. The molecule has 132 valence electrons. The van der Waals surface area contributed by atoms with Gasteiger partial charge in [0.15, 0.2) is 0 Å². The number of phenols is 1. The number of nitrogens with zero attached hydrogens (tertiary/aromatic N) is 1. The van der Waals surface area contributed by atoms with Gasteiger partial charge >= 0.3 is 0 Å². The summed E-state index contributed by atoms with van der Waals surface area (Å²) in [5, 5.41) is 12.3. The van der Waals surface area contributed by atoms with E-state index in [9.17, 15) is 14.7 Å². The van der Waals surface area contributed by atoms with Crippen LogP contribution in [0.3, 0.4) is 0 Å². The van der Waals surface area contributed by atoms with Crippen LogP contribution < -0.4 is 5.32 Å². The van der Waals surface area contributed by atoms with Gasteiger partial charge in [-0.1, -0.05) is 54.3 Å². The first kappa shape index (κ1) is 18.2. The maximum absolute atomic E-state index is 12.6. The molecule has 0 radical (unpaired) electrons. The molecule has 0 saturated carbocycles. The average molecular weight is 384 g/mol. The first-order chi connectivity index (χ1) is 12.4. The highest BCUT2D eigenvalue weighted by Crippen LogP contribution is 2.32. The number of thiocarbonyl (C=S) groups is 1. The maximum Gasteiger partial charge on any atom is 0.266 e. The van der Waals surface area contributed by atoms with Gasteiger partial charge < -0.3 is 10.4 Å². The van der Waals surface area contributed by atoms with Gasteiger partial charge in [-0.2, -0.15) is 0 Å². The maximum atomic E-state index is 12.6. The van der Waals surface area contributed by atoms with Crippen molar-refractivity contribution in [3.63, 3.8) is 0 Å². The normalized spacial score (nSPS) is 15.6. The third-order valence-electron chi connectivity index (χ3n) is 3.76. The van der Waals surface area contributed by atoms with Crippen LogP contribution in [0.25, 0.3) is 6.08 Å². The molecule has 2 amide bonds. The number of aromatic hydroxyl groups is 1. The second kappa shape index (κ2) is 7.72. The summed E-state index contributed by atoms with van der Waals surface area (Å²) in [5.74, 6) is -0.510. The first-order valence-electron chi connectivity index (χ1n) is 7.84. The summed E-state index contributed by atoms with van der Waals surface area (Å²) in [4.78, 5) is 26.6. The molecule has 0 aliphatic carbocycles. The largest absolute Gasteiger partial charge is 0.508 e. The molecule has 7 heteroatoms. The van der Waals surface area contributed by atoms with E-state index in [1.165, 1.54) is 4.90 Å². The van der Waals surface area contributed by atoms with Gasteiger partial charge in [-0.15, -0.1) is 0 Å². The second-order valence-corrected chi connectivity index (χ2v) is 7.40. The molecular formula is C19H16N2O3S2. The molecule has 2 aromatic carbocycles. The Hall–Kier alpha value is -2.64. The van der Waals surface area contributed by atoms with Crippen molar-refractivity contribution in [1.82, 2.24) is 4.90 Å². The van der Waals surface area contributed by atoms with E-state index in [0.29, 0.717) is 20.5 Å². The fourth-order valence-corrected chi connectivity index (χ4v) is 3.70. The molecule has 2 aromatic rings. The summed E-state index contributed by atoms with van der Waals surface area (Å²) in [5.41, 5.74) is 2.34. The Morgan fingerprint density at radius 1 is 1.27 bits per heavy atom. The molecule has 1 aliphatic heterocycles. The lowest BCUT2D eigenvalue weighted by molar-refractivity contribution is -0.126. The number of rotatable bonds is 4. The number of anilines is 1. The lowest BCUT2D eigenvalue weighted by atomic mass is 10.2. The predicted octanol–water partition coefficient (Wildman–Crippen LogP) is 3.54. The van der Waals surface area contributed by atoms with Gasteiger partial charge in [-0.05, 0) is 42.3 Å². The van der Waals surface area contributed by atoms with Crippen molar-refractivity contribution < 1.29 is 14.7 Å². The number of carbonyl (C=O) groups is 2. The van der Waals surface area contributed by atoms with E-state index in [4.69, 9.17) is 12.2 Å². The van der Waals surface area contributed by atoms with Crippen LogP contribution in [0.5, 0.6) is 5.75 Å². The lowest BCUT2D eigenvalue weighted by Gasteiger charge is -2.15. The molecule has 3 rings (SSSR count).